The lowest BCUT2D eigenvalue weighted by atomic mass is 10.0. The van der Waals surface area contributed by atoms with Crippen molar-refractivity contribution in [2.45, 2.75) is 45.4 Å². The monoisotopic (exact) mass is 366 g/mol. The van der Waals surface area contributed by atoms with Crippen LogP contribution in [0.2, 0.25) is 0 Å². The number of halogens is 1. The molecule has 1 aliphatic rings. The molecule has 0 bridgehead atoms. The van der Waals surface area contributed by atoms with E-state index in [0.717, 1.165) is 29.5 Å². The Morgan fingerprint density at radius 2 is 2.00 bits per heavy atom. The third-order valence-electron chi connectivity index (χ3n) is 5.20. The molecule has 0 saturated heterocycles. The summed E-state index contributed by atoms with van der Waals surface area (Å²) in [5.41, 5.74) is 3.49. The summed E-state index contributed by atoms with van der Waals surface area (Å²) < 4.78 is 14.9. The third-order valence-corrected chi connectivity index (χ3v) is 5.20. The van der Waals surface area contributed by atoms with Crippen LogP contribution in [-0.4, -0.2) is 20.5 Å². The Balaban J connectivity index is 1.63. The van der Waals surface area contributed by atoms with E-state index in [4.69, 9.17) is 0 Å². The number of carbonyl (C=O) groups excluding carboxylic acids is 1. The molecule has 0 aliphatic heterocycles. The van der Waals surface area contributed by atoms with Crippen molar-refractivity contribution in [3.8, 4) is 0 Å². The number of aryl methyl sites for hydroxylation is 1. The van der Waals surface area contributed by atoms with Crippen molar-refractivity contribution < 1.29 is 9.18 Å². The van der Waals surface area contributed by atoms with Crippen LogP contribution >= 0.6 is 0 Å². The van der Waals surface area contributed by atoms with Crippen LogP contribution in [0.25, 0.3) is 5.65 Å². The Morgan fingerprint density at radius 1 is 1.26 bits per heavy atom. The molecular weight excluding hydrogens is 343 g/mol. The number of benzene rings is 1. The van der Waals surface area contributed by atoms with Crippen LogP contribution < -0.4 is 5.32 Å². The van der Waals surface area contributed by atoms with Gasteiger partial charge >= 0.3 is 0 Å². The van der Waals surface area contributed by atoms with Crippen LogP contribution in [-0.2, 0) is 11.2 Å². The summed E-state index contributed by atoms with van der Waals surface area (Å²) in [6, 6.07) is 6.38. The standard InChI is InChI=1S/C21H23FN4O/c1-14-12-23-21-18(10-16-6-8-17(22)9-7-16)20(25-26(21)13-14)24-19(27)11-15-4-2-3-5-15/h6-9,12-13,15H,2-5,10-11H2,1H3,(H,24,25,27). The zero-order valence-corrected chi connectivity index (χ0v) is 15.4. The number of aromatic nitrogens is 3. The van der Waals surface area contributed by atoms with Crippen molar-refractivity contribution in [1.29, 1.82) is 0 Å². The average molecular weight is 366 g/mol. The predicted octanol–water partition coefficient (Wildman–Crippen LogP) is 4.29. The molecular formula is C21H23FN4O. The maximum atomic E-state index is 13.2. The first kappa shape index (κ1) is 17.6. The highest BCUT2D eigenvalue weighted by atomic mass is 19.1. The van der Waals surface area contributed by atoms with Crippen molar-refractivity contribution in [2.75, 3.05) is 5.32 Å². The topological polar surface area (TPSA) is 59.3 Å². The Hall–Kier alpha value is -2.76. The second-order valence-electron chi connectivity index (χ2n) is 7.43. The highest BCUT2D eigenvalue weighted by Gasteiger charge is 2.21. The Morgan fingerprint density at radius 3 is 2.74 bits per heavy atom. The van der Waals surface area contributed by atoms with E-state index in [0.29, 0.717) is 30.2 Å². The zero-order valence-electron chi connectivity index (χ0n) is 15.4. The fourth-order valence-electron chi connectivity index (χ4n) is 3.81. The molecule has 1 saturated carbocycles. The summed E-state index contributed by atoms with van der Waals surface area (Å²) in [6.45, 7) is 1.95. The maximum Gasteiger partial charge on any atom is 0.225 e. The van der Waals surface area contributed by atoms with Gasteiger partial charge in [-0.2, -0.15) is 0 Å². The van der Waals surface area contributed by atoms with E-state index in [2.05, 4.69) is 15.4 Å². The van der Waals surface area contributed by atoms with Crippen molar-refractivity contribution in [3.05, 3.63) is 59.2 Å². The van der Waals surface area contributed by atoms with Crippen LogP contribution in [0.4, 0.5) is 10.2 Å². The molecule has 0 atom stereocenters. The molecule has 1 fully saturated rings. The van der Waals surface area contributed by atoms with Crippen molar-refractivity contribution in [1.82, 2.24) is 14.6 Å². The molecule has 4 rings (SSSR count). The molecule has 0 unspecified atom stereocenters. The van der Waals surface area contributed by atoms with E-state index in [1.165, 1.54) is 25.0 Å². The predicted molar refractivity (Wildman–Crippen MR) is 102 cm³/mol. The quantitative estimate of drug-likeness (QED) is 0.733. The minimum Gasteiger partial charge on any atom is -0.309 e. The summed E-state index contributed by atoms with van der Waals surface area (Å²) >= 11 is 0. The molecule has 1 N–H and O–H groups in total. The van der Waals surface area contributed by atoms with Gasteiger partial charge in [-0.15, -0.1) is 5.10 Å². The van der Waals surface area contributed by atoms with Crippen molar-refractivity contribution in [2.24, 2.45) is 5.92 Å². The van der Waals surface area contributed by atoms with E-state index in [-0.39, 0.29) is 11.7 Å². The first-order valence-corrected chi connectivity index (χ1v) is 9.46. The van der Waals surface area contributed by atoms with Gasteiger partial charge in [-0.25, -0.2) is 13.9 Å². The molecule has 0 spiro atoms. The minimum absolute atomic E-state index is 0.00221. The molecule has 0 radical (unpaired) electrons. The van der Waals surface area contributed by atoms with Crippen LogP contribution in [0, 0.1) is 18.7 Å². The number of nitrogens with zero attached hydrogens (tertiary/aromatic N) is 3. The molecule has 3 aromatic rings. The molecule has 2 heterocycles. The van der Waals surface area contributed by atoms with E-state index >= 15 is 0 Å². The van der Waals surface area contributed by atoms with E-state index in [1.807, 2.05) is 13.1 Å². The lowest BCUT2D eigenvalue weighted by molar-refractivity contribution is -0.117. The molecule has 1 aromatic carbocycles. The maximum absolute atomic E-state index is 13.2. The highest BCUT2D eigenvalue weighted by molar-refractivity contribution is 5.91. The Kier molecular flexibility index (Phi) is 4.88. The highest BCUT2D eigenvalue weighted by Crippen LogP contribution is 2.29. The van der Waals surface area contributed by atoms with Gasteiger partial charge in [0, 0.05) is 30.8 Å². The van der Waals surface area contributed by atoms with Gasteiger partial charge in [0.25, 0.3) is 0 Å². The molecule has 1 aliphatic carbocycles. The van der Waals surface area contributed by atoms with Crippen molar-refractivity contribution in [3.63, 3.8) is 0 Å². The number of rotatable bonds is 5. The first-order valence-electron chi connectivity index (χ1n) is 9.46. The van der Waals surface area contributed by atoms with Crippen LogP contribution in [0.1, 0.15) is 48.8 Å². The Bertz CT molecular complexity index is 958. The lowest BCUT2D eigenvalue weighted by Crippen LogP contribution is -2.16. The number of hydrogen-bond acceptors (Lipinski definition) is 3. The average Bonchev–Trinajstić information content (AvgIpc) is 3.25. The van der Waals surface area contributed by atoms with Gasteiger partial charge in [0.2, 0.25) is 5.91 Å². The summed E-state index contributed by atoms with van der Waals surface area (Å²) in [7, 11) is 0. The van der Waals surface area contributed by atoms with Crippen LogP contribution in [0.15, 0.2) is 36.7 Å². The van der Waals surface area contributed by atoms with Gasteiger partial charge in [0.15, 0.2) is 11.5 Å². The molecule has 1 amide bonds. The van der Waals surface area contributed by atoms with Gasteiger partial charge in [-0.3, -0.25) is 4.79 Å². The van der Waals surface area contributed by atoms with E-state index < -0.39 is 0 Å². The number of fused-ring (bicyclic) bond motifs is 1. The largest absolute Gasteiger partial charge is 0.309 e. The molecule has 5 nitrogen and oxygen atoms in total. The summed E-state index contributed by atoms with van der Waals surface area (Å²) in [4.78, 5) is 17.0. The van der Waals surface area contributed by atoms with E-state index in [9.17, 15) is 9.18 Å². The van der Waals surface area contributed by atoms with Gasteiger partial charge in [0.1, 0.15) is 5.82 Å². The third kappa shape index (κ3) is 3.99. The first-order chi connectivity index (χ1) is 13.1. The summed E-state index contributed by atoms with van der Waals surface area (Å²) in [5.74, 6) is 0.753. The normalized spacial score (nSPS) is 14.7. The molecule has 140 valence electrons. The van der Waals surface area contributed by atoms with Gasteiger partial charge in [0.05, 0.1) is 0 Å². The second kappa shape index (κ2) is 7.47. The second-order valence-corrected chi connectivity index (χ2v) is 7.43. The summed E-state index contributed by atoms with van der Waals surface area (Å²) in [6.07, 6.45) is 9.42. The van der Waals surface area contributed by atoms with Crippen molar-refractivity contribution >= 4 is 17.4 Å². The number of carbonyl (C=O) groups is 1. The smallest absolute Gasteiger partial charge is 0.225 e. The molecule has 6 heteroatoms. The SMILES string of the molecule is Cc1cnc2c(Cc3ccc(F)cc3)c(NC(=O)CC3CCCC3)nn2c1. The van der Waals surface area contributed by atoms with Gasteiger partial charge < -0.3 is 5.32 Å². The summed E-state index contributed by atoms with van der Waals surface area (Å²) in [5, 5.41) is 7.54. The number of anilines is 1. The fraction of sp³-hybridized carbons (Fsp3) is 0.381. The Labute approximate surface area is 157 Å². The fourth-order valence-corrected chi connectivity index (χ4v) is 3.81. The van der Waals surface area contributed by atoms with Crippen LogP contribution in [0.5, 0.6) is 0 Å². The molecule has 27 heavy (non-hydrogen) atoms. The number of amides is 1. The van der Waals surface area contributed by atoms with E-state index in [1.54, 1.807) is 22.8 Å². The van der Waals surface area contributed by atoms with Gasteiger partial charge in [-0.1, -0.05) is 25.0 Å². The van der Waals surface area contributed by atoms with Gasteiger partial charge in [-0.05, 0) is 48.9 Å². The minimum atomic E-state index is -0.266. The number of hydrogen-bond donors (Lipinski definition) is 1. The lowest BCUT2D eigenvalue weighted by Gasteiger charge is -2.09. The zero-order chi connectivity index (χ0) is 18.8. The van der Waals surface area contributed by atoms with Crippen LogP contribution in [0.3, 0.4) is 0 Å². The number of nitrogens with one attached hydrogen (secondary N) is 1. The molecule has 2 aromatic heterocycles.